The van der Waals surface area contributed by atoms with Gasteiger partial charge < -0.3 is 19.5 Å². The SMILES string of the molecule is O=C(C1COCCO1)N1CCC(C(=O)O)(c2ccccc2)CC1. The van der Waals surface area contributed by atoms with Crippen LogP contribution in [0.2, 0.25) is 0 Å². The predicted octanol–water partition coefficient (Wildman–Crippen LogP) is 1.05. The third-order valence-electron chi connectivity index (χ3n) is 4.76. The van der Waals surface area contributed by atoms with E-state index in [1.54, 1.807) is 4.90 Å². The second kappa shape index (κ2) is 6.68. The van der Waals surface area contributed by atoms with Gasteiger partial charge in [-0.1, -0.05) is 30.3 Å². The van der Waals surface area contributed by atoms with Gasteiger partial charge >= 0.3 is 5.97 Å². The normalized spacial score (nSPS) is 24.2. The lowest BCUT2D eigenvalue weighted by atomic mass is 9.73. The van der Waals surface area contributed by atoms with Crippen molar-refractivity contribution in [3.8, 4) is 0 Å². The van der Waals surface area contributed by atoms with Crippen molar-refractivity contribution in [2.75, 3.05) is 32.9 Å². The van der Waals surface area contributed by atoms with Gasteiger partial charge in [0.25, 0.3) is 5.91 Å². The summed E-state index contributed by atoms with van der Waals surface area (Å²) in [6.07, 6.45) is 0.259. The summed E-state index contributed by atoms with van der Waals surface area (Å²) in [5.74, 6) is -0.926. The van der Waals surface area contributed by atoms with E-state index >= 15 is 0 Å². The molecule has 0 aromatic heterocycles. The molecule has 2 heterocycles. The lowest BCUT2D eigenvalue weighted by Gasteiger charge is -2.40. The molecule has 0 aliphatic carbocycles. The maximum Gasteiger partial charge on any atom is 0.314 e. The number of carbonyl (C=O) groups excluding carboxylic acids is 1. The number of carboxylic acid groups (broad SMARTS) is 1. The number of aliphatic carboxylic acids is 1. The highest BCUT2D eigenvalue weighted by Gasteiger charge is 2.44. The highest BCUT2D eigenvalue weighted by Crippen LogP contribution is 2.36. The first-order chi connectivity index (χ1) is 11.1. The monoisotopic (exact) mass is 319 g/mol. The number of nitrogens with zero attached hydrogens (tertiary/aromatic N) is 1. The Morgan fingerprint density at radius 2 is 1.83 bits per heavy atom. The van der Waals surface area contributed by atoms with Gasteiger partial charge in [-0.3, -0.25) is 9.59 Å². The minimum absolute atomic E-state index is 0.100. The molecule has 1 amide bonds. The molecule has 2 fully saturated rings. The number of carboxylic acids is 1. The molecule has 6 nitrogen and oxygen atoms in total. The summed E-state index contributed by atoms with van der Waals surface area (Å²) in [6, 6.07) is 9.28. The Hall–Kier alpha value is -1.92. The molecule has 2 aliphatic heterocycles. The van der Waals surface area contributed by atoms with E-state index in [0.717, 1.165) is 5.56 Å². The molecule has 1 atom stereocenters. The Morgan fingerprint density at radius 1 is 1.13 bits per heavy atom. The van der Waals surface area contributed by atoms with E-state index in [4.69, 9.17) is 9.47 Å². The second-order valence-electron chi connectivity index (χ2n) is 6.01. The second-order valence-corrected chi connectivity index (χ2v) is 6.01. The Morgan fingerprint density at radius 3 is 2.39 bits per heavy atom. The van der Waals surface area contributed by atoms with Crippen molar-refractivity contribution in [2.24, 2.45) is 0 Å². The lowest BCUT2D eigenvalue weighted by molar-refractivity contribution is -0.161. The molecule has 0 saturated carbocycles. The van der Waals surface area contributed by atoms with E-state index in [0.29, 0.717) is 39.1 Å². The fraction of sp³-hybridized carbons (Fsp3) is 0.529. The quantitative estimate of drug-likeness (QED) is 0.901. The van der Waals surface area contributed by atoms with Crippen LogP contribution in [0.5, 0.6) is 0 Å². The molecule has 3 rings (SSSR count). The van der Waals surface area contributed by atoms with E-state index in [9.17, 15) is 14.7 Å². The molecule has 2 aliphatic rings. The van der Waals surface area contributed by atoms with E-state index in [2.05, 4.69) is 0 Å². The predicted molar refractivity (Wildman–Crippen MR) is 82.1 cm³/mol. The molecule has 124 valence electrons. The average molecular weight is 319 g/mol. The summed E-state index contributed by atoms with van der Waals surface area (Å²) in [5.41, 5.74) is -0.112. The first-order valence-electron chi connectivity index (χ1n) is 7.90. The molecule has 1 N–H and O–H groups in total. The number of carbonyl (C=O) groups is 2. The van der Waals surface area contributed by atoms with Crippen LogP contribution in [0, 0.1) is 0 Å². The van der Waals surface area contributed by atoms with E-state index in [1.807, 2.05) is 30.3 Å². The van der Waals surface area contributed by atoms with E-state index in [1.165, 1.54) is 0 Å². The van der Waals surface area contributed by atoms with Gasteiger partial charge in [0.2, 0.25) is 0 Å². The zero-order valence-electron chi connectivity index (χ0n) is 12.9. The van der Waals surface area contributed by atoms with Crippen LogP contribution in [0.3, 0.4) is 0 Å². The van der Waals surface area contributed by atoms with Crippen molar-refractivity contribution in [3.63, 3.8) is 0 Å². The summed E-state index contributed by atoms with van der Waals surface area (Å²) in [6.45, 7) is 2.05. The number of hydrogen-bond donors (Lipinski definition) is 1. The Bertz CT molecular complexity index is 560. The highest BCUT2D eigenvalue weighted by atomic mass is 16.6. The number of benzene rings is 1. The van der Waals surface area contributed by atoms with E-state index in [-0.39, 0.29) is 12.5 Å². The van der Waals surface area contributed by atoms with Crippen molar-refractivity contribution in [1.29, 1.82) is 0 Å². The molecule has 0 radical (unpaired) electrons. The van der Waals surface area contributed by atoms with Crippen LogP contribution < -0.4 is 0 Å². The fourth-order valence-electron chi connectivity index (χ4n) is 3.33. The number of hydrogen-bond acceptors (Lipinski definition) is 4. The van der Waals surface area contributed by atoms with Gasteiger partial charge in [-0.15, -0.1) is 0 Å². The summed E-state index contributed by atoms with van der Waals surface area (Å²) in [7, 11) is 0. The number of likely N-dealkylation sites (tertiary alicyclic amines) is 1. The van der Waals surface area contributed by atoms with Gasteiger partial charge in [0, 0.05) is 13.1 Å². The van der Waals surface area contributed by atoms with Crippen LogP contribution in [0.25, 0.3) is 0 Å². The van der Waals surface area contributed by atoms with Crippen LogP contribution in [-0.2, 0) is 24.5 Å². The fourth-order valence-corrected chi connectivity index (χ4v) is 3.33. The zero-order valence-corrected chi connectivity index (χ0v) is 12.9. The van der Waals surface area contributed by atoms with Gasteiger partial charge in [0.15, 0.2) is 6.10 Å². The molecule has 1 aromatic rings. The largest absolute Gasteiger partial charge is 0.481 e. The summed E-state index contributed by atoms with van der Waals surface area (Å²) >= 11 is 0. The van der Waals surface area contributed by atoms with Crippen molar-refractivity contribution in [3.05, 3.63) is 35.9 Å². The summed E-state index contributed by atoms with van der Waals surface area (Å²) in [4.78, 5) is 26.0. The maximum absolute atomic E-state index is 12.4. The number of piperidine rings is 1. The zero-order chi connectivity index (χ0) is 16.3. The molecule has 0 spiro atoms. The number of amides is 1. The van der Waals surface area contributed by atoms with Crippen LogP contribution in [0.4, 0.5) is 0 Å². The minimum atomic E-state index is -0.915. The molecular weight excluding hydrogens is 298 g/mol. The standard InChI is InChI=1S/C17H21NO5/c19-15(14-12-22-10-11-23-14)18-8-6-17(7-9-18,16(20)21)13-4-2-1-3-5-13/h1-5,14H,6-12H2,(H,20,21). The Labute approximate surface area is 135 Å². The van der Waals surface area contributed by atoms with Crippen molar-refractivity contribution >= 4 is 11.9 Å². The molecule has 2 saturated heterocycles. The first kappa shape index (κ1) is 16.0. The van der Waals surface area contributed by atoms with Crippen LogP contribution >= 0.6 is 0 Å². The molecule has 1 unspecified atom stereocenters. The third-order valence-corrected chi connectivity index (χ3v) is 4.76. The van der Waals surface area contributed by atoms with Crippen molar-refractivity contribution in [2.45, 2.75) is 24.4 Å². The highest BCUT2D eigenvalue weighted by molar-refractivity contribution is 5.84. The van der Waals surface area contributed by atoms with Crippen LogP contribution in [-0.4, -0.2) is 60.9 Å². The Kier molecular flexibility index (Phi) is 4.63. The van der Waals surface area contributed by atoms with Gasteiger partial charge in [-0.05, 0) is 18.4 Å². The van der Waals surface area contributed by atoms with Gasteiger partial charge in [-0.2, -0.15) is 0 Å². The van der Waals surface area contributed by atoms with Crippen LogP contribution in [0.15, 0.2) is 30.3 Å². The molecular formula is C17H21NO5. The minimum Gasteiger partial charge on any atom is -0.481 e. The smallest absolute Gasteiger partial charge is 0.314 e. The van der Waals surface area contributed by atoms with E-state index < -0.39 is 17.5 Å². The topological polar surface area (TPSA) is 76.1 Å². The molecule has 23 heavy (non-hydrogen) atoms. The summed E-state index contributed by atoms with van der Waals surface area (Å²) < 4.78 is 10.7. The maximum atomic E-state index is 12.4. The molecule has 6 heteroatoms. The average Bonchev–Trinajstić information content (AvgIpc) is 2.62. The van der Waals surface area contributed by atoms with Crippen molar-refractivity contribution < 1.29 is 24.2 Å². The van der Waals surface area contributed by atoms with Gasteiger partial charge in [0.1, 0.15) is 0 Å². The van der Waals surface area contributed by atoms with Crippen LogP contribution in [0.1, 0.15) is 18.4 Å². The Balaban J connectivity index is 1.70. The number of ether oxygens (including phenoxy) is 2. The number of rotatable bonds is 3. The van der Waals surface area contributed by atoms with Crippen molar-refractivity contribution in [1.82, 2.24) is 4.90 Å². The summed E-state index contributed by atoms with van der Waals surface area (Å²) in [5, 5.41) is 9.77. The van der Waals surface area contributed by atoms with Gasteiger partial charge in [-0.25, -0.2) is 0 Å². The lowest BCUT2D eigenvalue weighted by Crippen LogP contribution is -2.53. The third kappa shape index (κ3) is 3.09. The van der Waals surface area contributed by atoms with Gasteiger partial charge in [0.05, 0.1) is 25.2 Å². The molecule has 1 aromatic carbocycles. The molecule has 0 bridgehead atoms. The first-order valence-corrected chi connectivity index (χ1v) is 7.90.